The van der Waals surface area contributed by atoms with Gasteiger partial charge in [0.1, 0.15) is 0 Å². The fourth-order valence-electron chi connectivity index (χ4n) is 2.14. The highest BCUT2D eigenvalue weighted by Crippen LogP contribution is 2.38. The van der Waals surface area contributed by atoms with Gasteiger partial charge in [-0.05, 0) is 50.9 Å². The molecule has 1 aromatic carbocycles. The number of rotatable bonds is 4. The number of aldehydes is 1. The molecule has 1 aliphatic rings. The normalized spacial score (nSPS) is 20.3. The van der Waals surface area contributed by atoms with E-state index in [-0.39, 0.29) is 6.61 Å². The van der Waals surface area contributed by atoms with Crippen molar-refractivity contribution >= 4 is 31.1 Å². The van der Waals surface area contributed by atoms with E-state index >= 15 is 0 Å². The predicted octanol–water partition coefficient (Wildman–Crippen LogP) is 3.16. The van der Waals surface area contributed by atoms with Crippen molar-refractivity contribution in [3.63, 3.8) is 0 Å². The molecule has 0 amide bonds. The summed E-state index contributed by atoms with van der Waals surface area (Å²) in [6.07, 6.45) is 2.46. The van der Waals surface area contributed by atoms with Gasteiger partial charge in [0.2, 0.25) is 0 Å². The highest BCUT2D eigenvalue weighted by atomic mass is 35.5. The minimum atomic E-state index is -0.620. The molecule has 1 saturated heterocycles. The van der Waals surface area contributed by atoms with E-state index in [1.54, 1.807) is 24.3 Å². The molecule has 118 valence electrons. The van der Waals surface area contributed by atoms with E-state index in [1.807, 2.05) is 27.7 Å². The minimum absolute atomic E-state index is 0.199. The first-order valence-corrected chi connectivity index (χ1v) is 7.49. The molecule has 1 fully saturated rings. The Labute approximate surface area is 136 Å². The van der Waals surface area contributed by atoms with Crippen molar-refractivity contribution in [2.75, 3.05) is 6.61 Å². The van der Waals surface area contributed by atoms with Gasteiger partial charge in [0.05, 0.1) is 22.8 Å². The third kappa shape index (κ3) is 3.28. The Morgan fingerprint density at radius 3 is 2.36 bits per heavy atom. The van der Waals surface area contributed by atoms with E-state index in [0.717, 1.165) is 5.56 Å². The zero-order valence-corrected chi connectivity index (χ0v) is 14.0. The summed E-state index contributed by atoms with van der Waals surface area (Å²) >= 11 is 5.92. The van der Waals surface area contributed by atoms with Gasteiger partial charge in [-0.3, -0.25) is 4.79 Å². The lowest BCUT2D eigenvalue weighted by Crippen LogP contribution is -2.41. The van der Waals surface area contributed by atoms with Gasteiger partial charge in [-0.2, -0.15) is 0 Å². The van der Waals surface area contributed by atoms with Gasteiger partial charge >= 0.3 is 7.12 Å². The molecule has 0 unspecified atom stereocenters. The zero-order chi connectivity index (χ0) is 16.5. The number of benzene rings is 1. The quantitative estimate of drug-likeness (QED) is 0.683. The summed E-state index contributed by atoms with van der Waals surface area (Å²) in [7, 11) is -0.620. The molecule has 4 nitrogen and oxygen atoms in total. The van der Waals surface area contributed by atoms with Crippen molar-refractivity contribution in [3.8, 4) is 0 Å². The van der Waals surface area contributed by atoms with Crippen LogP contribution >= 0.6 is 11.6 Å². The zero-order valence-electron chi connectivity index (χ0n) is 13.2. The molecular weight excluding hydrogens is 302 g/mol. The lowest BCUT2D eigenvalue weighted by Gasteiger charge is -2.32. The molecule has 22 heavy (non-hydrogen) atoms. The highest BCUT2D eigenvalue weighted by Gasteiger charge is 2.52. The molecule has 0 saturated carbocycles. The van der Waals surface area contributed by atoms with E-state index < -0.39 is 18.3 Å². The lowest BCUT2D eigenvalue weighted by atomic mass is 9.77. The van der Waals surface area contributed by atoms with Crippen LogP contribution in [0.5, 0.6) is 0 Å². The summed E-state index contributed by atoms with van der Waals surface area (Å²) in [6, 6.07) is 5.09. The van der Waals surface area contributed by atoms with E-state index in [1.165, 1.54) is 0 Å². The van der Waals surface area contributed by atoms with Gasteiger partial charge < -0.3 is 14.4 Å². The number of aliphatic hydroxyl groups excluding tert-OH is 1. The molecular formula is C16H20BClO4. The van der Waals surface area contributed by atoms with Crippen LogP contribution in [-0.4, -0.2) is 36.3 Å². The second-order valence-electron chi connectivity index (χ2n) is 6.36. The minimum Gasteiger partial charge on any atom is -0.400 e. The van der Waals surface area contributed by atoms with E-state index in [0.29, 0.717) is 22.3 Å². The Morgan fingerprint density at radius 1 is 1.27 bits per heavy atom. The maximum atomic E-state index is 11.0. The van der Waals surface area contributed by atoms with Gasteiger partial charge in [-0.1, -0.05) is 23.7 Å². The largest absolute Gasteiger partial charge is 0.492 e. The van der Waals surface area contributed by atoms with Crippen LogP contribution in [0.15, 0.2) is 23.7 Å². The average molecular weight is 323 g/mol. The Morgan fingerprint density at radius 2 is 1.86 bits per heavy atom. The fraction of sp³-hybridized carbons (Fsp3) is 0.438. The first-order valence-electron chi connectivity index (χ1n) is 7.12. The predicted molar refractivity (Wildman–Crippen MR) is 88.0 cm³/mol. The van der Waals surface area contributed by atoms with E-state index in [9.17, 15) is 9.90 Å². The molecule has 0 radical (unpaired) electrons. The Kier molecular flexibility index (Phi) is 4.83. The van der Waals surface area contributed by atoms with Gasteiger partial charge in [0.15, 0.2) is 6.29 Å². The Balaban J connectivity index is 2.31. The molecule has 2 rings (SSSR count). The molecule has 0 spiro atoms. The molecule has 6 heteroatoms. The van der Waals surface area contributed by atoms with Crippen molar-refractivity contribution in [1.29, 1.82) is 0 Å². The van der Waals surface area contributed by atoms with Crippen molar-refractivity contribution in [2.45, 2.75) is 38.9 Å². The van der Waals surface area contributed by atoms with Crippen LogP contribution in [0.1, 0.15) is 43.6 Å². The topological polar surface area (TPSA) is 55.8 Å². The first kappa shape index (κ1) is 17.2. The maximum absolute atomic E-state index is 11.0. The molecule has 1 aromatic rings. The van der Waals surface area contributed by atoms with Crippen molar-refractivity contribution in [2.24, 2.45) is 0 Å². The van der Waals surface area contributed by atoms with Gasteiger partial charge in [0, 0.05) is 5.56 Å². The summed E-state index contributed by atoms with van der Waals surface area (Å²) < 4.78 is 11.8. The monoisotopic (exact) mass is 322 g/mol. The molecule has 0 bridgehead atoms. The number of hydrogen-bond acceptors (Lipinski definition) is 4. The molecule has 1 heterocycles. The van der Waals surface area contributed by atoms with Crippen LogP contribution in [0.25, 0.3) is 6.08 Å². The summed E-state index contributed by atoms with van der Waals surface area (Å²) in [6.45, 7) is 7.61. The molecule has 1 N–H and O–H groups in total. The van der Waals surface area contributed by atoms with Gasteiger partial charge in [0.25, 0.3) is 0 Å². The second-order valence-corrected chi connectivity index (χ2v) is 6.77. The third-order valence-corrected chi connectivity index (χ3v) is 4.58. The van der Waals surface area contributed by atoms with Crippen LogP contribution in [0, 0.1) is 0 Å². The van der Waals surface area contributed by atoms with Crippen molar-refractivity contribution in [3.05, 3.63) is 39.8 Å². The maximum Gasteiger partial charge on any atom is 0.492 e. The lowest BCUT2D eigenvalue weighted by molar-refractivity contribution is 0.00578. The SMILES string of the molecule is CC1(C)OB(C(=Cc2ccc(Cl)c(C=O)c2)CO)OC1(C)C. The number of hydrogen-bond donors (Lipinski definition) is 1. The summed E-state index contributed by atoms with van der Waals surface area (Å²) in [4.78, 5) is 11.0. The standard InChI is InChI=1S/C16H20BClO4/c1-15(2)16(3,4)22-17(21-15)13(10-20)8-11-5-6-14(18)12(7-11)9-19/h5-9,20H,10H2,1-4H3. The van der Waals surface area contributed by atoms with Crippen LogP contribution < -0.4 is 0 Å². The van der Waals surface area contributed by atoms with Crippen LogP contribution in [0.4, 0.5) is 0 Å². The molecule has 0 aliphatic carbocycles. The van der Waals surface area contributed by atoms with E-state index in [2.05, 4.69) is 0 Å². The fourth-order valence-corrected chi connectivity index (χ4v) is 2.30. The highest BCUT2D eigenvalue weighted by molar-refractivity contribution is 6.55. The van der Waals surface area contributed by atoms with Gasteiger partial charge in [-0.15, -0.1) is 0 Å². The number of aliphatic hydroxyl groups is 1. The second kappa shape index (κ2) is 6.16. The number of carbonyl (C=O) groups is 1. The van der Waals surface area contributed by atoms with Crippen molar-refractivity contribution < 1.29 is 19.2 Å². The third-order valence-electron chi connectivity index (χ3n) is 4.24. The molecule has 1 aliphatic heterocycles. The van der Waals surface area contributed by atoms with E-state index in [4.69, 9.17) is 20.9 Å². The van der Waals surface area contributed by atoms with Crippen LogP contribution in [0.3, 0.4) is 0 Å². The van der Waals surface area contributed by atoms with Crippen LogP contribution in [-0.2, 0) is 9.31 Å². The average Bonchev–Trinajstić information content (AvgIpc) is 2.66. The summed E-state index contributed by atoms with van der Waals surface area (Å²) in [5, 5.41) is 10.0. The summed E-state index contributed by atoms with van der Waals surface area (Å²) in [5.41, 5.74) is 0.810. The summed E-state index contributed by atoms with van der Waals surface area (Å²) in [5.74, 6) is 0. The Hall–Kier alpha value is -1.14. The van der Waals surface area contributed by atoms with Crippen molar-refractivity contribution in [1.82, 2.24) is 0 Å². The first-order chi connectivity index (χ1) is 10.2. The number of halogens is 1. The molecule has 0 atom stereocenters. The smallest absolute Gasteiger partial charge is 0.400 e. The van der Waals surface area contributed by atoms with Crippen LogP contribution in [0.2, 0.25) is 5.02 Å². The number of carbonyl (C=O) groups excluding carboxylic acids is 1. The van der Waals surface area contributed by atoms with Gasteiger partial charge in [-0.25, -0.2) is 0 Å². The molecule has 0 aromatic heterocycles. The Bertz CT molecular complexity index is 594.